The van der Waals surface area contributed by atoms with E-state index in [-0.39, 0.29) is 5.57 Å². The van der Waals surface area contributed by atoms with E-state index >= 15 is 0 Å². The van der Waals surface area contributed by atoms with Crippen LogP contribution in [-0.2, 0) is 14.3 Å². The highest BCUT2D eigenvalue weighted by Crippen LogP contribution is 2.19. The van der Waals surface area contributed by atoms with Gasteiger partial charge in [-0.1, -0.05) is 23.8 Å². The molecule has 0 aliphatic heterocycles. The molecule has 3 amide bonds. The zero-order chi connectivity index (χ0) is 21.8. The van der Waals surface area contributed by atoms with Crippen molar-refractivity contribution in [2.75, 3.05) is 20.3 Å². The third kappa shape index (κ3) is 7.80. The summed E-state index contributed by atoms with van der Waals surface area (Å²) in [6.45, 7) is -0.243. The number of amides is 3. The molecule has 1 aliphatic rings. The summed E-state index contributed by atoms with van der Waals surface area (Å²) < 4.78 is 9.86. The molecule has 2 N–H and O–H groups in total. The zero-order valence-electron chi connectivity index (χ0n) is 16.9. The molecule has 0 atom stereocenters. The Morgan fingerprint density at radius 1 is 1.20 bits per heavy atom. The molecular weight excluding hydrogens is 386 g/mol. The number of urea groups is 1. The lowest BCUT2D eigenvalue weighted by molar-refractivity contribution is -0.144. The predicted octanol–water partition coefficient (Wildman–Crippen LogP) is 2.86. The molecule has 1 aromatic rings. The number of hydrogen-bond acceptors (Lipinski definition) is 6. The molecule has 2 rings (SSSR count). The summed E-state index contributed by atoms with van der Waals surface area (Å²) in [7, 11) is 1.53. The molecule has 1 aliphatic carbocycles. The van der Waals surface area contributed by atoms with Crippen LogP contribution in [0.5, 0.6) is 5.75 Å². The van der Waals surface area contributed by atoms with Gasteiger partial charge in [0, 0.05) is 6.54 Å². The van der Waals surface area contributed by atoms with Crippen molar-refractivity contribution in [2.24, 2.45) is 0 Å². The number of esters is 1. The standard InChI is InChI=1S/C22H25N3O5/c1-29-19-9-7-17(8-10-19)13-18(14-23)21(27)30-15-20(26)25-22(28)24-12-11-16-5-3-2-4-6-16/h5,7-10,13H,2-4,6,11-12,15H2,1H3,(H2,24,25,26,28)/b18-13+. The van der Waals surface area contributed by atoms with E-state index in [4.69, 9.17) is 14.7 Å². The van der Waals surface area contributed by atoms with E-state index in [0.29, 0.717) is 17.9 Å². The highest BCUT2D eigenvalue weighted by Gasteiger charge is 2.15. The van der Waals surface area contributed by atoms with E-state index < -0.39 is 24.5 Å². The van der Waals surface area contributed by atoms with Gasteiger partial charge in [0.1, 0.15) is 17.4 Å². The molecule has 30 heavy (non-hydrogen) atoms. The fourth-order valence-electron chi connectivity index (χ4n) is 2.89. The monoisotopic (exact) mass is 411 g/mol. The zero-order valence-corrected chi connectivity index (χ0v) is 16.9. The van der Waals surface area contributed by atoms with Gasteiger partial charge in [-0.3, -0.25) is 10.1 Å². The van der Waals surface area contributed by atoms with E-state index in [2.05, 4.69) is 16.7 Å². The van der Waals surface area contributed by atoms with Crippen molar-refractivity contribution in [1.29, 1.82) is 5.26 Å². The van der Waals surface area contributed by atoms with Crippen LogP contribution in [-0.4, -0.2) is 38.2 Å². The maximum absolute atomic E-state index is 12.0. The molecule has 0 aromatic heterocycles. The van der Waals surface area contributed by atoms with E-state index in [9.17, 15) is 14.4 Å². The van der Waals surface area contributed by atoms with Crippen molar-refractivity contribution in [3.05, 3.63) is 47.1 Å². The average Bonchev–Trinajstić information content (AvgIpc) is 2.77. The number of nitriles is 1. The minimum Gasteiger partial charge on any atom is -0.497 e. The molecule has 8 heteroatoms. The lowest BCUT2D eigenvalue weighted by Gasteiger charge is -2.13. The van der Waals surface area contributed by atoms with Crippen LogP contribution >= 0.6 is 0 Å². The van der Waals surface area contributed by atoms with Crippen molar-refractivity contribution < 1.29 is 23.9 Å². The van der Waals surface area contributed by atoms with Crippen LogP contribution in [0.3, 0.4) is 0 Å². The quantitative estimate of drug-likeness (QED) is 0.294. The van der Waals surface area contributed by atoms with Crippen LogP contribution in [0.2, 0.25) is 0 Å². The summed E-state index contributed by atoms with van der Waals surface area (Å²) >= 11 is 0. The van der Waals surface area contributed by atoms with E-state index in [1.807, 2.05) is 0 Å². The number of carbonyl (C=O) groups excluding carboxylic acids is 3. The van der Waals surface area contributed by atoms with Gasteiger partial charge in [0.2, 0.25) is 0 Å². The van der Waals surface area contributed by atoms with Crippen LogP contribution < -0.4 is 15.4 Å². The number of benzene rings is 1. The SMILES string of the molecule is COc1ccc(/C=C(\C#N)C(=O)OCC(=O)NC(=O)NCCC2=CCCCC2)cc1. The van der Waals surface area contributed by atoms with Crippen molar-refractivity contribution in [2.45, 2.75) is 32.1 Å². The van der Waals surface area contributed by atoms with Crippen molar-refractivity contribution in [1.82, 2.24) is 10.6 Å². The van der Waals surface area contributed by atoms with E-state index in [0.717, 1.165) is 19.3 Å². The number of nitrogens with one attached hydrogen (secondary N) is 2. The molecule has 1 aromatic carbocycles. The number of imide groups is 1. The third-order valence-corrected chi connectivity index (χ3v) is 4.47. The van der Waals surface area contributed by atoms with Crippen molar-refractivity contribution >= 4 is 24.0 Å². The van der Waals surface area contributed by atoms with Gasteiger partial charge in [0.15, 0.2) is 6.61 Å². The first kappa shape index (κ1) is 22.7. The van der Waals surface area contributed by atoms with Gasteiger partial charge in [-0.05, 0) is 55.9 Å². The van der Waals surface area contributed by atoms with Crippen LogP contribution in [0.4, 0.5) is 4.79 Å². The van der Waals surface area contributed by atoms with Crippen molar-refractivity contribution in [3.8, 4) is 11.8 Å². The molecule has 0 radical (unpaired) electrons. The second-order valence-corrected chi connectivity index (χ2v) is 6.68. The minimum atomic E-state index is -0.951. The number of rotatable bonds is 8. The summed E-state index contributed by atoms with van der Waals surface area (Å²) in [4.78, 5) is 35.5. The summed E-state index contributed by atoms with van der Waals surface area (Å²) in [6, 6.07) is 7.80. The highest BCUT2D eigenvalue weighted by atomic mass is 16.5. The van der Waals surface area contributed by atoms with E-state index in [1.165, 1.54) is 31.6 Å². The Morgan fingerprint density at radius 3 is 2.60 bits per heavy atom. The summed E-state index contributed by atoms with van der Waals surface area (Å²) in [5, 5.41) is 13.8. The third-order valence-electron chi connectivity index (χ3n) is 4.47. The number of hydrogen-bond donors (Lipinski definition) is 2. The number of nitrogens with zero attached hydrogens (tertiary/aromatic N) is 1. The smallest absolute Gasteiger partial charge is 0.349 e. The number of allylic oxidation sites excluding steroid dienone is 1. The van der Waals surface area contributed by atoms with E-state index in [1.54, 1.807) is 30.3 Å². The second kappa shape index (κ2) is 12.1. The lowest BCUT2D eigenvalue weighted by atomic mass is 9.97. The normalized spacial score (nSPS) is 13.5. The van der Waals surface area contributed by atoms with Crippen LogP contribution in [0.15, 0.2) is 41.5 Å². The summed E-state index contributed by atoms with van der Waals surface area (Å²) in [6.07, 6.45) is 8.77. The molecule has 0 saturated heterocycles. The molecule has 0 saturated carbocycles. The first-order valence-electron chi connectivity index (χ1n) is 9.70. The van der Waals surface area contributed by atoms with Gasteiger partial charge in [0.05, 0.1) is 7.11 Å². The molecule has 8 nitrogen and oxygen atoms in total. The van der Waals surface area contributed by atoms with Gasteiger partial charge in [0.25, 0.3) is 5.91 Å². The van der Waals surface area contributed by atoms with Gasteiger partial charge >= 0.3 is 12.0 Å². The fourth-order valence-corrected chi connectivity index (χ4v) is 2.89. The molecule has 0 spiro atoms. The molecule has 0 unspecified atom stereocenters. The van der Waals surface area contributed by atoms with Gasteiger partial charge in [-0.15, -0.1) is 0 Å². The Morgan fingerprint density at radius 2 is 1.97 bits per heavy atom. The molecule has 158 valence electrons. The molecule has 0 bridgehead atoms. The van der Waals surface area contributed by atoms with Crippen LogP contribution in [0, 0.1) is 11.3 Å². The topological polar surface area (TPSA) is 118 Å². The largest absolute Gasteiger partial charge is 0.497 e. The predicted molar refractivity (Wildman–Crippen MR) is 110 cm³/mol. The Balaban J connectivity index is 1.74. The van der Waals surface area contributed by atoms with Gasteiger partial charge in [-0.25, -0.2) is 9.59 Å². The lowest BCUT2D eigenvalue weighted by Crippen LogP contribution is -2.41. The summed E-state index contributed by atoms with van der Waals surface area (Å²) in [5.74, 6) is -1.09. The fraction of sp³-hybridized carbons (Fsp3) is 0.364. The average molecular weight is 411 g/mol. The van der Waals surface area contributed by atoms with Gasteiger partial charge in [-0.2, -0.15) is 5.26 Å². The number of methoxy groups -OCH3 is 1. The maximum atomic E-state index is 12.0. The van der Waals surface area contributed by atoms with Crippen LogP contribution in [0.1, 0.15) is 37.7 Å². The molecule has 0 heterocycles. The first-order chi connectivity index (χ1) is 14.5. The van der Waals surface area contributed by atoms with Crippen molar-refractivity contribution in [3.63, 3.8) is 0 Å². The Kier molecular flexibility index (Phi) is 9.13. The Bertz CT molecular complexity index is 866. The maximum Gasteiger partial charge on any atom is 0.349 e. The number of ether oxygens (including phenoxy) is 2. The van der Waals surface area contributed by atoms with Crippen LogP contribution in [0.25, 0.3) is 6.08 Å². The molecule has 0 fully saturated rings. The van der Waals surface area contributed by atoms with Gasteiger partial charge < -0.3 is 14.8 Å². The number of carbonyl (C=O) groups is 3. The Labute approximate surface area is 175 Å². The summed E-state index contributed by atoms with van der Waals surface area (Å²) in [5.41, 5.74) is 1.65. The second-order valence-electron chi connectivity index (χ2n) is 6.68. The minimum absolute atomic E-state index is 0.266. The first-order valence-corrected chi connectivity index (χ1v) is 9.70. The Hall–Kier alpha value is -3.60. The highest BCUT2D eigenvalue weighted by molar-refractivity contribution is 6.00. The molecular formula is C22H25N3O5.